The summed E-state index contributed by atoms with van der Waals surface area (Å²) in [5.74, 6) is 1.73. The number of hydrogen-bond acceptors (Lipinski definition) is 3. The number of hydrogen-bond donors (Lipinski definition) is 1. The predicted octanol–water partition coefficient (Wildman–Crippen LogP) is 4.00. The zero-order valence-electron chi connectivity index (χ0n) is 10.5. The molecule has 4 heteroatoms. The lowest BCUT2D eigenvalue weighted by atomic mass is 10.1. The van der Waals surface area contributed by atoms with Crippen molar-refractivity contribution < 1.29 is 9.47 Å². The average molecular weight is 320 g/mol. The number of nitrogens with one attached hydrogen (secondary N) is 1. The highest BCUT2D eigenvalue weighted by atomic mass is 79.9. The van der Waals surface area contributed by atoms with Crippen molar-refractivity contribution in [1.82, 2.24) is 0 Å². The van der Waals surface area contributed by atoms with Crippen LogP contribution in [0.4, 0.5) is 5.69 Å². The maximum atomic E-state index is 6.07. The van der Waals surface area contributed by atoms with Crippen molar-refractivity contribution in [2.24, 2.45) is 0 Å². The Bertz CT molecular complexity index is 583. The van der Waals surface area contributed by atoms with E-state index in [-0.39, 0.29) is 6.10 Å². The molecule has 0 saturated carbocycles. The van der Waals surface area contributed by atoms with E-state index in [0.717, 1.165) is 33.8 Å². The highest BCUT2D eigenvalue weighted by Gasteiger charge is 2.22. The third-order valence-corrected chi connectivity index (χ3v) is 3.82. The standard InChI is InChI=1S/C15H14BrNO2/c1-18-11-7-5-10(6-8-11)14-9-17-13-4-2-3-12(16)15(13)19-14/h2-8,14,17H,9H2,1H3. The minimum atomic E-state index is 0.0112. The Balaban J connectivity index is 1.86. The number of anilines is 1. The number of benzene rings is 2. The first-order chi connectivity index (χ1) is 9.28. The Hall–Kier alpha value is -1.68. The number of fused-ring (bicyclic) bond motifs is 1. The summed E-state index contributed by atoms with van der Waals surface area (Å²) in [7, 11) is 1.67. The normalized spacial score (nSPS) is 17.1. The molecule has 2 aromatic rings. The molecule has 0 fully saturated rings. The summed E-state index contributed by atoms with van der Waals surface area (Å²) in [6.07, 6.45) is 0.0112. The fourth-order valence-corrected chi connectivity index (χ4v) is 2.62. The van der Waals surface area contributed by atoms with Gasteiger partial charge in [-0.05, 0) is 45.8 Å². The molecule has 19 heavy (non-hydrogen) atoms. The molecular weight excluding hydrogens is 306 g/mol. The van der Waals surface area contributed by atoms with Gasteiger partial charge < -0.3 is 14.8 Å². The highest BCUT2D eigenvalue weighted by molar-refractivity contribution is 9.10. The molecule has 1 unspecified atom stereocenters. The lowest BCUT2D eigenvalue weighted by Gasteiger charge is -2.28. The van der Waals surface area contributed by atoms with Crippen molar-refractivity contribution in [2.45, 2.75) is 6.10 Å². The second-order valence-corrected chi connectivity index (χ2v) is 5.23. The number of para-hydroxylation sites is 1. The number of ether oxygens (including phenoxy) is 2. The Labute approximate surface area is 120 Å². The van der Waals surface area contributed by atoms with Crippen LogP contribution in [0.2, 0.25) is 0 Å². The first-order valence-corrected chi connectivity index (χ1v) is 6.90. The van der Waals surface area contributed by atoms with Crippen molar-refractivity contribution in [3.8, 4) is 11.5 Å². The van der Waals surface area contributed by atoms with E-state index in [1.807, 2.05) is 42.5 Å². The topological polar surface area (TPSA) is 30.5 Å². The van der Waals surface area contributed by atoms with Crippen LogP contribution in [0.1, 0.15) is 11.7 Å². The van der Waals surface area contributed by atoms with Crippen LogP contribution in [0.15, 0.2) is 46.9 Å². The molecule has 1 aliphatic rings. The maximum absolute atomic E-state index is 6.07. The maximum Gasteiger partial charge on any atom is 0.157 e. The quantitative estimate of drug-likeness (QED) is 0.907. The van der Waals surface area contributed by atoms with Gasteiger partial charge >= 0.3 is 0 Å². The first-order valence-electron chi connectivity index (χ1n) is 6.11. The lowest BCUT2D eigenvalue weighted by molar-refractivity contribution is 0.209. The van der Waals surface area contributed by atoms with Crippen molar-refractivity contribution in [3.05, 3.63) is 52.5 Å². The Morgan fingerprint density at radius 2 is 2.00 bits per heavy atom. The van der Waals surface area contributed by atoms with E-state index < -0.39 is 0 Å². The summed E-state index contributed by atoms with van der Waals surface area (Å²) in [6.45, 7) is 0.760. The van der Waals surface area contributed by atoms with Gasteiger partial charge in [0, 0.05) is 0 Å². The molecule has 1 N–H and O–H groups in total. The summed E-state index contributed by atoms with van der Waals surface area (Å²) in [5, 5.41) is 3.39. The van der Waals surface area contributed by atoms with Gasteiger partial charge in [0.05, 0.1) is 23.8 Å². The summed E-state index contributed by atoms with van der Waals surface area (Å²) in [6, 6.07) is 14.0. The van der Waals surface area contributed by atoms with Crippen molar-refractivity contribution >= 4 is 21.6 Å². The summed E-state index contributed by atoms with van der Waals surface area (Å²) < 4.78 is 12.2. The summed E-state index contributed by atoms with van der Waals surface area (Å²) in [5.41, 5.74) is 2.16. The highest BCUT2D eigenvalue weighted by Crippen LogP contribution is 2.39. The Morgan fingerprint density at radius 3 is 2.74 bits per heavy atom. The van der Waals surface area contributed by atoms with E-state index in [1.54, 1.807) is 7.11 Å². The van der Waals surface area contributed by atoms with Crippen LogP contribution in [0.25, 0.3) is 0 Å². The molecule has 2 aromatic carbocycles. The average Bonchev–Trinajstić information content (AvgIpc) is 2.47. The van der Waals surface area contributed by atoms with E-state index in [4.69, 9.17) is 9.47 Å². The fraction of sp³-hybridized carbons (Fsp3) is 0.200. The molecule has 3 rings (SSSR count). The fourth-order valence-electron chi connectivity index (χ4n) is 2.16. The largest absolute Gasteiger partial charge is 0.497 e. The zero-order chi connectivity index (χ0) is 13.2. The van der Waals surface area contributed by atoms with Gasteiger partial charge in [0.1, 0.15) is 11.9 Å². The molecule has 98 valence electrons. The molecule has 0 radical (unpaired) electrons. The Morgan fingerprint density at radius 1 is 1.21 bits per heavy atom. The number of rotatable bonds is 2. The first kappa shape index (κ1) is 12.4. The van der Waals surface area contributed by atoms with Crippen molar-refractivity contribution in [1.29, 1.82) is 0 Å². The van der Waals surface area contributed by atoms with E-state index >= 15 is 0 Å². The van der Waals surface area contributed by atoms with Gasteiger partial charge in [-0.25, -0.2) is 0 Å². The van der Waals surface area contributed by atoms with Gasteiger partial charge in [-0.15, -0.1) is 0 Å². The van der Waals surface area contributed by atoms with Crippen LogP contribution < -0.4 is 14.8 Å². The molecule has 3 nitrogen and oxygen atoms in total. The Kier molecular flexibility index (Phi) is 3.34. The predicted molar refractivity (Wildman–Crippen MR) is 79.0 cm³/mol. The molecule has 0 bridgehead atoms. The monoisotopic (exact) mass is 319 g/mol. The van der Waals surface area contributed by atoms with Crippen LogP contribution in [-0.2, 0) is 0 Å². The molecule has 1 aliphatic heterocycles. The zero-order valence-corrected chi connectivity index (χ0v) is 12.1. The number of halogens is 1. The van der Waals surface area contributed by atoms with Gasteiger partial charge in [0.15, 0.2) is 5.75 Å². The van der Waals surface area contributed by atoms with Crippen LogP contribution in [0.3, 0.4) is 0 Å². The smallest absolute Gasteiger partial charge is 0.157 e. The minimum absolute atomic E-state index is 0.0112. The SMILES string of the molecule is COc1ccc(C2CNc3cccc(Br)c3O2)cc1. The van der Waals surface area contributed by atoms with E-state index in [9.17, 15) is 0 Å². The molecule has 1 heterocycles. The van der Waals surface area contributed by atoms with Crippen LogP contribution >= 0.6 is 15.9 Å². The molecule has 0 aromatic heterocycles. The molecule has 1 atom stereocenters. The summed E-state index contributed by atoms with van der Waals surface area (Å²) in [4.78, 5) is 0. The van der Waals surface area contributed by atoms with E-state index in [0.29, 0.717) is 0 Å². The minimum Gasteiger partial charge on any atom is -0.497 e. The molecular formula is C15H14BrNO2. The molecule has 0 aliphatic carbocycles. The number of methoxy groups -OCH3 is 1. The third kappa shape index (κ3) is 2.40. The van der Waals surface area contributed by atoms with Gasteiger partial charge in [-0.2, -0.15) is 0 Å². The summed E-state index contributed by atoms with van der Waals surface area (Å²) >= 11 is 3.52. The van der Waals surface area contributed by atoms with Crippen LogP contribution in [0.5, 0.6) is 11.5 Å². The van der Waals surface area contributed by atoms with Crippen LogP contribution in [-0.4, -0.2) is 13.7 Å². The molecule has 0 saturated heterocycles. The second kappa shape index (κ2) is 5.13. The van der Waals surface area contributed by atoms with Gasteiger partial charge in [0.2, 0.25) is 0 Å². The van der Waals surface area contributed by atoms with Crippen LogP contribution in [0, 0.1) is 0 Å². The second-order valence-electron chi connectivity index (χ2n) is 4.38. The van der Waals surface area contributed by atoms with Crippen molar-refractivity contribution in [2.75, 3.05) is 19.0 Å². The lowest BCUT2D eigenvalue weighted by Crippen LogP contribution is -2.23. The van der Waals surface area contributed by atoms with Gasteiger partial charge in [-0.3, -0.25) is 0 Å². The van der Waals surface area contributed by atoms with Gasteiger partial charge in [-0.1, -0.05) is 18.2 Å². The third-order valence-electron chi connectivity index (χ3n) is 3.19. The molecule has 0 spiro atoms. The van der Waals surface area contributed by atoms with Gasteiger partial charge in [0.25, 0.3) is 0 Å². The van der Waals surface area contributed by atoms with E-state index in [2.05, 4.69) is 21.2 Å². The van der Waals surface area contributed by atoms with Crippen molar-refractivity contribution in [3.63, 3.8) is 0 Å². The van der Waals surface area contributed by atoms with E-state index in [1.165, 1.54) is 0 Å². The molecule has 0 amide bonds.